The summed E-state index contributed by atoms with van der Waals surface area (Å²) in [5.41, 5.74) is 1.41. The molecule has 0 aliphatic carbocycles. The van der Waals surface area contributed by atoms with Gasteiger partial charge < -0.3 is 10.1 Å². The minimum atomic E-state index is 0.722. The molecule has 108 valence electrons. The highest BCUT2D eigenvalue weighted by Crippen LogP contribution is 2.19. The Morgan fingerprint density at radius 3 is 2.37 bits per heavy atom. The van der Waals surface area contributed by atoms with Crippen LogP contribution in [0.5, 0.6) is 5.75 Å². The third-order valence-corrected chi connectivity index (χ3v) is 3.35. The molecule has 1 aromatic carbocycles. The van der Waals surface area contributed by atoms with Crippen LogP contribution in [0.3, 0.4) is 0 Å². The first kappa shape index (κ1) is 16.0. The lowest BCUT2D eigenvalue weighted by molar-refractivity contribution is 0.385. The number of ether oxygens (including phenoxy) is 1. The molecule has 2 heteroatoms. The van der Waals surface area contributed by atoms with Crippen LogP contribution in [0, 0.1) is 11.8 Å². The van der Waals surface area contributed by atoms with Crippen molar-refractivity contribution in [2.24, 2.45) is 11.8 Å². The van der Waals surface area contributed by atoms with Gasteiger partial charge in [0.25, 0.3) is 0 Å². The van der Waals surface area contributed by atoms with E-state index in [1.165, 1.54) is 18.4 Å². The van der Waals surface area contributed by atoms with Gasteiger partial charge >= 0.3 is 0 Å². The van der Waals surface area contributed by atoms with Crippen LogP contribution in [-0.4, -0.2) is 20.2 Å². The lowest BCUT2D eigenvalue weighted by Gasteiger charge is -2.20. The average molecular weight is 263 g/mol. The molecule has 1 rings (SSSR count). The van der Waals surface area contributed by atoms with Gasteiger partial charge in [-0.15, -0.1) is 0 Å². The summed E-state index contributed by atoms with van der Waals surface area (Å²) in [6.45, 7) is 9.07. The summed E-state index contributed by atoms with van der Waals surface area (Å²) in [5, 5.41) is 3.56. The van der Waals surface area contributed by atoms with Crippen LogP contribution in [0.25, 0.3) is 0 Å². The SMILES string of the molecule is CCCNCC(Cc1ccc(OC)cc1)CC(C)C. The van der Waals surface area contributed by atoms with Crippen molar-refractivity contribution in [3.8, 4) is 5.75 Å². The Morgan fingerprint density at radius 2 is 1.84 bits per heavy atom. The van der Waals surface area contributed by atoms with Gasteiger partial charge in [-0.1, -0.05) is 32.9 Å². The first-order valence-electron chi connectivity index (χ1n) is 7.49. The molecule has 1 N–H and O–H groups in total. The molecule has 19 heavy (non-hydrogen) atoms. The quantitative estimate of drug-likeness (QED) is 0.682. The summed E-state index contributed by atoms with van der Waals surface area (Å²) in [7, 11) is 1.71. The molecule has 1 unspecified atom stereocenters. The zero-order valence-corrected chi connectivity index (χ0v) is 12.9. The molecule has 0 spiro atoms. The summed E-state index contributed by atoms with van der Waals surface area (Å²) >= 11 is 0. The highest BCUT2D eigenvalue weighted by molar-refractivity contribution is 5.27. The zero-order valence-electron chi connectivity index (χ0n) is 12.9. The molecule has 0 aliphatic rings. The second-order valence-electron chi connectivity index (χ2n) is 5.75. The number of benzene rings is 1. The number of nitrogens with one attached hydrogen (secondary N) is 1. The minimum Gasteiger partial charge on any atom is -0.497 e. The lowest BCUT2D eigenvalue weighted by Crippen LogP contribution is -2.26. The largest absolute Gasteiger partial charge is 0.497 e. The van der Waals surface area contributed by atoms with Crippen molar-refractivity contribution >= 4 is 0 Å². The van der Waals surface area contributed by atoms with Crippen LogP contribution in [-0.2, 0) is 6.42 Å². The molecular formula is C17H29NO. The molecular weight excluding hydrogens is 234 g/mol. The fourth-order valence-electron chi connectivity index (χ4n) is 2.48. The van der Waals surface area contributed by atoms with Crippen molar-refractivity contribution in [1.82, 2.24) is 5.32 Å². The predicted octanol–water partition coefficient (Wildman–Crippen LogP) is 3.90. The molecule has 1 atom stereocenters. The monoisotopic (exact) mass is 263 g/mol. The van der Waals surface area contributed by atoms with Gasteiger partial charge in [-0.2, -0.15) is 0 Å². The maximum absolute atomic E-state index is 5.21. The van der Waals surface area contributed by atoms with E-state index in [1.54, 1.807) is 7.11 Å². The van der Waals surface area contributed by atoms with E-state index in [-0.39, 0.29) is 0 Å². The molecule has 0 saturated carbocycles. The number of hydrogen-bond acceptors (Lipinski definition) is 2. The van der Waals surface area contributed by atoms with Crippen LogP contribution >= 0.6 is 0 Å². The van der Waals surface area contributed by atoms with E-state index in [2.05, 4.69) is 50.4 Å². The van der Waals surface area contributed by atoms with E-state index < -0.39 is 0 Å². The Labute approximate surface area is 118 Å². The number of hydrogen-bond donors (Lipinski definition) is 1. The van der Waals surface area contributed by atoms with Crippen LogP contribution < -0.4 is 10.1 Å². The smallest absolute Gasteiger partial charge is 0.118 e. The topological polar surface area (TPSA) is 21.3 Å². The fourth-order valence-corrected chi connectivity index (χ4v) is 2.48. The van der Waals surface area contributed by atoms with Crippen molar-refractivity contribution in [3.63, 3.8) is 0 Å². The second kappa shape index (κ2) is 8.98. The van der Waals surface area contributed by atoms with Crippen molar-refractivity contribution in [2.45, 2.75) is 40.0 Å². The Hall–Kier alpha value is -1.02. The first-order chi connectivity index (χ1) is 9.15. The third-order valence-electron chi connectivity index (χ3n) is 3.35. The molecule has 0 bridgehead atoms. The Bertz CT molecular complexity index is 332. The molecule has 0 heterocycles. The molecule has 0 amide bonds. The summed E-state index contributed by atoms with van der Waals surface area (Å²) in [6, 6.07) is 8.49. The van der Waals surface area contributed by atoms with E-state index in [1.807, 2.05) is 0 Å². The summed E-state index contributed by atoms with van der Waals surface area (Å²) in [5.74, 6) is 2.42. The van der Waals surface area contributed by atoms with E-state index in [9.17, 15) is 0 Å². The van der Waals surface area contributed by atoms with Gasteiger partial charge in [0.2, 0.25) is 0 Å². The number of rotatable bonds is 9. The summed E-state index contributed by atoms with van der Waals surface area (Å²) in [4.78, 5) is 0. The van der Waals surface area contributed by atoms with E-state index in [0.29, 0.717) is 0 Å². The minimum absolute atomic E-state index is 0.722. The Morgan fingerprint density at radius 1 is 1.16 bits per heavy atom. The summed E-state index contributed by atoms with van der Waals surface area (Å²) < 4.78 is 5.21. The molecule has 0 saturated heterocycles. The fraction of sp³-hybridized carbons (Fsp3) is 0.647. The summed E-state index contributed by atoms with van der Waals surface area (Å²) in [6.07, 6.45) is 3.64. The molecule has 1 aromatic rings. The van der Waals surface area contributed by atoms with Crippen LogP contribution in [0.2, 0.25) is 0 Å². The van der Waals surface area contributed by atoms with Gasteiger partial charge in [-0.3, -0.25) is 0 Å². The van der Waals surface area contributed by atoms with Gasteiger partial charge in [-0.05, 0) is 61.9 Å². The maximum Gasteiger partial charge on any atom is 0.118 e. The highest BCUT2D eigenvalue weighted by Gasteiger charge is 2.11. The Kier molecular flexibility index (Phi) is 7.57. The normalized spacial score (nSPS) is 12.7. The molecule has 0 radical (unpaired) electrons. The van der Waals surface area contributed by atoms with E-state index >= 15 is 0 Å². The van der Waals surface area contributed by atoms with Gasteiger partial charge in [0.1, 0.15) is 5.75 Å². The molecule has 0 aliphatic heterocycles. The Balaban J connectivity index is 2.53. The van der Waals surface area contributed by atoms with Crippen LogP contribution in [0.4, 0.5) is 0 Å². The molecule has 2 nitrogen and oxygen atoms in total. The standard InChI is InChI=1S/C17H29NO/c1-5-10-18-13-16(11-14(2)3)12-15-6-8-17(19-4)9-7-15/h6-9,14,16,18H,5,10-13H2,1-4H3. The van der Waals surface area contributed by atoms with E-state index in [4.69, 9.17) is 4.74 Å². The maximum atomic E-state index is 5.21. The predicted molar refractivity (Wildman–Crippen MR) is 82.8 cm³/mol. The first-order valence-corrected chi connectivity index (χ1v) is 7.49. The van der Waals surface area contributed by atoms with Gasteiger partial charge in [0.05, 0.1) is 7.11 Å². The number of methoxy groups -OCH3 is 1. The van der Waals surface area contributed by atoms with Gasteiger partial charge in [0.15, 0.2) is 0 Å². The van der Waals surface area contributed by atoms with Crippen LogP contribution in [0.1, 0.15) is 39.2 Å². The second-order valence-corrected chi connectivity index (χ2v) is 5.75. The van der Waals surface area contributed by atoms with E-state index in [0.717, 1.165) is 37.1 Å². The van der Waals surface area contributed by atoms with Gasteiger partial charge in [-0.25, -0.2) is 0 Å². The van der Waals surface area contributed by atoms with Crippen molar-refractivity contribution in [1.29, 1.82) is 0 Å². The molecule has 0 aromatic heterocycles. The van der Waals surface area contributed by atoms with Crippen molar-refractivity contribution in [2.75, 3.05) is 20.2 Å². The van der Waals surface area contributed by atoms with Crippen molar-refractivity contribution in [3.05, 3.63) is 29.8 Å². The third kappa shape index (κ3) is 6.63. The highest BCUT2D eigenvalue weighted by atomic mass is 16.5. The van der Waals surface area contributed by atoms with Gasteiger partial charge in [0, 0.05) is 0 Å². The lowest BCUT2D eigenvalue weighted by atomic mass is 9.91. The van der Waals surface area contributed by atoms with Crippen molar-refractivity contribution < 1.29 is 4.74 Å². The zero-order chi connectivity index (χ0) is 14.1. The molecule has 0 fully saturated rings. The van der Waals surface area contributed by atoms with Crippen LogP contribution in [0.15, 0.2) is 24.3 Å². The average Bonchev–Trinajstić information content (AvgIpc) is 2.39.